The van der Waals surface area contributed by atoms with E-state index in [9.17, 15) is 5.21 Å². The van der Waals surface area contributed by atoms with E-state index in [1.807, 2.05) is 18.2 Å². The van der Waals surface area contributed by atoms with Crippen molar-refractivity contribution < 1.29 is 5.06 Å². The first-order chi connectivity index (χ1) is 7.34. The van der Waals surface area contributed by atoms with Crippen molar-refractivity contribution in [2.45, 2.75) is 45.7 Å². The van der Waals surface area contributed by atoms with E-state index in [1.165, 1.54) is 5.56 Å². The number of hydroxylamine groups is 2. The van der Waals surface area contributed by atoms with Crippen LogP contribution in [0.15, 0.2) is 30.3 Å². The summed E-state index contributed by atoms with van der Waals surface area (Å²) >= 11 is 0. The molecule has 2 nitrogen and oxygen atoms in total. The van der Waals surface area contributed by atoms with Crippen LogP contribution in [0.3, 0.4) is 0 Å². The van der Waals surface area contributed by atoms with Gasteiger partial charge in [-0.1, -0.05) is 44.2 Å². The van der Waals surface area contributed by atoms with E-state index in [-0.39, 0.29) is 17.0 Å². The third-order valence-corrected chi connectivity index (χ3v) is 3.74. The van der Waals surface area contributed by atoms with Crippen LogP contribution in [0.25, 0.3) is 0 Å². The van der Waals surface area contributed by atoms with Crippen LogP contribution in [0.5, 0.6) is 0 Å². The van der Waals surface area contributed by atoms with Crippen molar-refractivity contribution in [3.63, 3.8) is 0 Å². The molecule has 0 amide bonds. The smallest absolute Gasteiger partial charge is 0.119 e. The predicted molar refractivity (Wildman–Crippen MR) is 66.0 cm³/mol. The van der Waals surface area contributed by atoms with Gasteiger partial charge in [-0.3, -0.25) is 0 Å². The maximum absolute atomic E-state index is 12.4. The summed E-state index contributed by atoms with van der Waals surface area (Å²) < 4.78 is 0. The van der Waals surface area contributed by atoms with Crippen LogP contribution in [0.1, 0.15) is 45.7 Å². The maximum atomic E-state index is 12.4. The lowest BCUT2D eigenvalue weighted by Crippen LogP contribution is -3.13. The molecule has 1 fully saturated rings. The fraction of sp³-hybridized carbons (Fsp3) is 0.571. The van der Waals surface area contributed by atoms with Crippen LogP contribution >= 0.6 is 0 Å². The molecule has 2 rings (SSSR count). The van der Waals surface area contributed by atoms with Crippen molar-refractivity contribution in [2.24, 2.45) is 5.41 Å². The van der Waals surface area contributed by atoms with Gasteiger partial charge in [0.2, 0.25) is 0 Å². The summed E-state index contributed by atoms with van der Waals surface area (Å²) in [6, 6.07) is 10.2. The molecule has 0 bridgehead atoms. The summed E-state index contributed by atoms with van der Waals surface area (Å²) in [5.41, 5.74) is 1.06. The lowest BCUT2D eigenvalue weighted by Gasteiger charge is -2.37. The number of quaternary nitrogens is 1. The summed E-state index contributed by atoms with van der Waals surface area (Å²) in [7, 11) is 0. The first-order valence-corrected chi connectivity index (χ1v) is 5.94. The Morgan fingerprint density at radius 1 is 1.12 bits per heavy atom. The lowest BCUT2D eigenvalue weighted by atomic mass is 9.79. The van der Waals surface area contributed by atoms with Crippen LogP contribution in [0.2, 0.25) is 0 Å². The molecule has 0 aromatic heterocycles. The highest BCUT2D eigenvalue weighted by molar-refractivity contribution is 5.20. The van der Waals surface area contributed by atoms with Gasteiger partial charge in [-0.25, -0.2) is 0 Å². The van der Waals surface area contributed by atoms with E-state index in [2.05, 4.69) is 39.8 Å². The molecule has 1 N–H and O–H groups in total. The second-order valence-electron chi connectivity index (χ2n) is 6.26. The Labute approximate surface area is 97.9 Å². The molecular formula is C14H21NO. The first kappa shape index (κ1) is 11.6. The Balaban J connectivity index is 2.41. The molecule has 88 valence electrons. The molecule has 1 aliphatic heterocycles. The van der Waals surface area contributed by atoms with Crippen LogP contribution in [-0.2, 0) is 0 Å². The zero-order valence-corrected chi connectivity index (χ0v) is 10.6. The van der Waals surface area contributed by atoms with Gasteiger partial charge in [0.05, 0.1) is 5.54 Å². The molecule has 0 saturated carbocycles. The number of hydrogen-bond acceptors (Lipinski definition) is 1. The zero-order chi connectivity index (χ0) is 12.0. The fourth-order valence-electron chi connectivity index (χ4n) is 3.32. The van der Waals surface area contributed by atoms with Gasteiger partial charge >= 0.3 is 0 Å². The standard InChI is InChI=1S/C14H21NO/c1-13(2)10-14(3,4)15(16)12(13)11-8-6-5-7-9-11/h5-9,12,15H,10H2,1-4H3. The molecular weight excluding hydrogens is 198 g/mol. The monoisotopic (exact) mass is 219 g/mol. The third-order valence-electron chi connectivity index (χ3n) is 3.74. The van der Waals surface area contributed by atoms with E-state index in [1.54, 1.807) is 0 Å². The van der Waals surface area contributed by atoms with Crippen LogP contribution in [0.4, 0.5) is 0 Å². The van der Waals surface area contributed by atoms with Gasteiger partial charge in [0.15, 0.2) is 0 Å². The average molecular weight is 219 g/mol. The maximum Gasteiger partial charge on any atom is 0.119 e. The SMILES string of the molecule is CC1(C)CC(C)(C)[NH+]([O-])C1c1ccccc1. The zero-order valence-electron chi connectivity index (χ0n) is 10.6. The molecule has 1 saturated heterocycles. The Hall–Kier alpha value is -0.860. The minimum atomic E-state index is -0.177. The Bertz CT molecular complexity index is 370. The van der Waals surface area contributed by atoms with E-state index < -0.39 is 0 Å². The highest BCUT2D eigenvalue weighted by atomic mass is 16.5. The number of benzene rings is 1. The number of hydrogen-bond donors (Lipinski definition) is 1. The highest BCUT2D eigenvalue weighted by Gasteiger charge is 2.51. The van der Waals surface area contributed by atoms with Gasteiger partial charge in [0, 0.05) is 17.4 Å². The van der Waals surface area contributed by atoms with E-state index in [0.29, 0.717) is 5.06 Å². The van der Waals surface area contributed by atoms with Crippen LogP contribution in [-0.4, -0.2) is 5.54 Å². The molecule has 2 atom stereocenters. The van der Waals surface area contributed by atoms with Crippen LogP contribution in [0, 0.1) is 10.6 Å². The number of nitrogens with one attached hydrogen (secondary N) is 1. The average Bonchev–Trinajstić information content (AvgIpc) is 2.33. The summed E-state index contributed by atoms with van der Waals surface area (Å²) in [6.07, 6.45) is 0.971. The Morgan fingerprint density at radius 3 is 2.12 bits per heavy atom. The van der Waals surface area contributed by atoms with Crippen LogP contribution < -0.4 is 5.06 Å². The van der Waals surface area contributed by atoms with Crippen molar-refractivity contribution in [2.75, 3.05) is 0 Å². The van der Waals surface area contributed by atoms with Crippen molar-refractivity contribution >= 4 is 0 Å². The lowest BCUT2D eigenvalue weighted by molar-refractivity contribution is -0.919. The van der Waals surface area contributed by atoms with Gasteiger partial charge < -0.3 is 10.3 Å². The van der Waals surface area contributed by atoms with Gasteiger partial charge in [0.1, 0.15) is 6.04 Å². The minimum Gasteiger partial charge on any atom is -0.633 e. The topological polar surface area (TPSA) is 27.5 Å². The molecule has 2 unspecified atom stereocenters. The molecule has 16 heavy (non-hydrogen) atoms. The van der Waals surface area contributed by atoms with E-state index in [4.69, 9.17) is 0 Å². The number of rotatable bonds is 1. The molecule has 0 radical (unpaired) electrons. The van der Waals surface area contributed by atoms with Crippen molar-refractivity contribution in [3.05, 3.63) is 41.1 Å². The largest absolute Gasteiger partial charge is 0.633 e. The quantitative estimate of drug-likeness (QED) is 0.721. The molecule has 1 aromatic rings. The molecule has 1 aliphatic rings. The van der Waals surface area contributed by atoms with E-state index in [0.717, 1.165) is 6.42 Å². The Kier molecular flexibility index (Phi) is 2.59. The van der Waals surface area contributed by atoms with Gasteiger partial charge in [0.25, 0.3) is 0 Å². The minimum absolute atomic E-state index is 0.0590. The predicted octanol–water partition coefficient (Wildman–Crippen LogP) is 2.32. The fourth-order valence-corrected chi connectivity index (χ4v) is 3.32. The summed E-state index contributed by atoms with van der Waals surface area (Å²) in [5.74, 6) is 0. The van der Waals surface area contributed by atoms with Gasteiger partial charge in [-0.15, -0.1) is 0 Å². The summed E-state index contributed by atoms with van der Waals surface area (Å²) in [6.45, 7) is 8.55. The first-order valence-electron chi connectivity index (χ1n) is 5.94. The normalized spacial score (nSPS) is 31.6. The second-order valence-corrected chi connectivity index (χ2v) is 6.26. The second kappa shape index (κ2) is 3.57. The molecule has 1 heterocycles. The third kappa shape index (κ3) is 1.76. The van der Waals surface area contributed by atoms with Crippen molar-refractivity contribution in [1.29, 1.82) is 0 Å². The Morgan fingerprint density at radius 2 is 1.69 bits per heavy atom. The van der Waals surface area contributed by atoms with Gasteiger partial charge in [-0.2, -0.15) is 0 Å². The molecule has 1 aromatic carbocycles. The summed E-state index contributed by atoms with van der Waals surface area (Å²) in [4.78, 5) is 0. The van der Waals surface area contributed by atoms with Crippen molar-refractivity contribution in [1.82, 2.24) is 0 Å². The molecule has 2 heteroatoms. The summed E-state index contributed by atoms with van der Waals surface area (Å²) in [5, 5.41) is 12.8. The molecule has 0 spiro atoms. The van der Waals surface area contributed by atoms with E-state index >= 15 is 0 Å². The molecule has 0 aliphatic carbocycles. The highest BCUT2D eigenvalue weighted by Crippen LogP contribution is 2.42. The van der Waals surface area contributed by atoms with Gasteiger partial charge in [-0.05, 0) is 13.8 Å². The van der Waals surface area contributed by atoms with Crippen molar-refractivity contribution in [3.8, 4) is 0 Å².